The van der Waals surface area contributed by atoms with Gasteiger partial charge >= 0.3 is 12.1 Å². The van der Waals surface area contributed by atoms with Gasteiger partial charge in [-0.05, 0) is 40.8 Å². The van der Waals surface area contributed by atoms with E-state index in [0.717, 1.165) is 0 Å². The fourth-order valence-electron chi connectivity index (χ4n) is 7.13. The molecule has 0 spiro atoms. The van der Waals surface area contributed by atoms with Crippen molar-refractivity contribution >= 4 is 23.6 Å². The van der Waals surface area contributed by atoms with E-state index in [-0.39, 0.29) is 31.0 Å². The van der Waals surface area contributed by atoms with Crippen LogP contribution in [0.1, 0.15) is 61.3 Å². The zero-order chi connectivity index (χ0) is 34.0. The minimum absolute atomic E-state index is 0.0509. The fourth-order valence-corrected chi connectivity index (χ4v) is 7.13. The van der Waals surface area contributed by atoms with Crippen LogP contribution in [0.25, 0.3) is 0 Å². The molecule has 3 fully saturated rings. The van der Waals surface area contributed by atoms with E-state index in [0.29, 0.717) is 6.42 Å². The number of halogens is 1. The number of hydrogen-bond donors (Lipinski definition) is 2. The average molecular weight is 643 g/mol. The lowest BCUT2D eigenvalue weighted by molar-refractivity contribution is -0.282. The molecule has 0 aromatic heterocycles. The second-order valence-electron chi connectivity index (χ2n) is 13.2. The third kappa shape index (κ3) is 7.59. The number of Topliss-reactive ketones (excluding diaryl/α,β-unsaturated/α-hetero) is 2. The molecule has 12 nitrogen and oxygen atoms in total. The molecule has 0 radical (unpaired) electrons. The highest BCUT2D eigenvalue weighted by molar-refractivity contribution is 6.03. The summed E-state index contributed by atoms with van der Waals surface area (Å²) in [7, 11) is 3.64. The van der Waals surface area contributed by atoms with Crippen LogP contribution in [0.2, 0.25) is 0 Å². The summed E-state index contributed by atoms with van der Waals surface area (Å²) in [4.78, 5) is 55.2. The highest BCUT2D eigenvalue weighted by Crippen LogP contribution is 2.38. The molecule has 3 aliphatic rings. The third-order valence-corrected chi connectivity index (χ3v) is 9.77. The van der Waals surface area contributed by atoms with Crippen LogP contribution in [-0.4, -0.2) is 115 Å². The number of aliphatic hydroxyl groups excluding tert-OH is 1. The highest BCUT2D eigenvalue weighted by Gasteiger charge is 2.57. The molecule has 3 saturated heterocycles. The first-order valence-electron chi connectivity index (χ1n) is 15.8. The molecule has 45 heavy (non-hydrogen) atoms. The van der Waals surface area contributed by atoms with Gasteiger partial charge in [0.1, 0.15) is 18.0 Å². The summed E-state index contributed by atoms with van der Waals surface area (Å²) >= 11 is 0. The summed E-state index contributed by atoms with van der Waals surface area (Å²) in [6, 6.07) is -1.27. The SMILES string of the molecule is C=CCO[C@@H]1[C@H](C)[C@H](O[C@@H]2O[C@H](C)C[C@H](N(C)C)[C@H]2O)[C@@H](C)C(=O)C(F)C(=O)O[C@H](CC)[C@@]2(C)OC(=O)NC2[C@@H](C)C(=O)[C@@H]1C. The predicted octanol–water partition coefficient (Wildman–Crippen LogP) is 2.59. The van der Waals surface area contributed by atoms with Crippen molar-refractivity contribution in [2.75, 3.05) is 20.7 Å². The van der Waals surface area contributed by atoms with Gasteiger partial charge in [0.25, 0.3) is 6.17 Å². The first-order valence-corrected chi connectivity index (χ1v) is 15.8. The van der Waals surface area contributed by atoms with Crippen molar-refractivity contribution in [3.63, 3.8) is 0 Å². The summed E-state index contributed by atoms with van der Waals surface area (Å²) < 4.78 is 45.3. The molecule has 1 amide bonds. The van der Waals surface area contributed by atoms with E-state index in [4.69, 9.17) is 23.7 Å². The van der Waals surface area contributed by atoms with Gasteiger partial charge in [0.05, 0.1) is 31.0 Å². The molecule has 0 saturated carbocycles. The van der Waals surface area contributed by atoms with E-state index >= 15 is 4.39 Å². The Bertz CT molecular complexity index is 1110. The monoisotopic (exact) mass is 642 g/mol. The van der Waals surface area contributed by atoms with E-state index in [9.17, 15) is 24.3 Å². The second kappa shape index (κ2) is 15.0. The molecular formula is C32H51FN2O10. The van der Waals surface area contributed by atoms with Crippen molar-refractivity contribution in [2.45, 2.75) is 122 Å². The lowest BCUT2D eigenvalue weighted by atomic mass is 9.74. The van der Waals surface area contributed by atoms with E-state index in [2.05, 4.69) is 11.9 Å². The molecule has 3 aliphatic heterocycles. The summed E-state index contributed by atoms with van der Waals surface area (Å²) in [6.45, 7) is 15.2. The van der Waals surface area contributed by atoms with E-state index in [1.165, 1.54) is 19.9 Å². The molecule has 0 aromatic carbocycles. The van der Waals surface area contributed by atoms with E-state index in [1.54, 1.807) is 27.7 Å². The van der Waals surface area contributed by atoms with Gasteiger partial charge < -0.3 is 39.0 Å². The number of likely N-dealkylation sites (N-methyl/N-ethyl adjacent to an activating group) is 1. The Labute approximate surface area is 265 Å². The van der Waals surface area contributed by atoms with Crippen molar-refractivity contribution in [3.05, 3.63) is 12.7 Å². The van der Waals surface area contributed by atoms with Gasteiger partial charge in [-0.15, -0.1) is 6.58 Å². The van der Waals surface area contributed by atoms with Crippen LogP contribution in [0, 0.1) is 23.7 Å². The quantitative estimate of drug-likeness (QED) is 0.240. The van der Waals surface area contributed by atoms with Crippen LogP contribution in [0.5, 0.6) is 0 Å². The van der Waals surface area contributed by atoms with Gasteiger partial charge in [-0.2, -0.15) is 0 Å². The van der Waals surface area contributed by atoms with Gasteiger partial charge in [-0.25, -0.2) is 14.0 Å². The Balaban J connectivity index is 2.13. The number of nitrogens with zero attached hydrogens (tertiary/aromatic N) is 1. The number of alkyl carbamates (subject to hydrolysis) is 1. The number of hydrogen-bond acceptors (Lipinski definition) is 11. The summed E-state index contributed by atoms with van der Waals surface area (Å²) in [5.74, 6) is -6.53. The molecule has 3 heterocycles. The number of ketones is 2. The minimum Gasteiger partial charge on any atom is -0.456 e. The molecule has 3 rings (SSSR count). The Hall–Kier alpha value is -2.45. The van der Waals surface area contributed by atoms with E-state index in [1.807, 2.05) is 25.9 Å². The molecular weight excluding hydrogens is 591 g/mol. The zero-order valence-corrected chi connectivity index (χ0v) is 27.9. The number of aliphatic hydroxyl groups is 1. The van der Waals surface area contributed by atoms with E-state index < -0.39 is 90.0 Å². The van der Waals surface area contributed by atoms with Gasteiger partial charge in [0, 0.05) is 29.7 Å². The van der Waals surface area contributed by atoms with Crippen molar-refractivity contribution in [1.29, 1.82) is 0 Å². The maximum absolute atomic E-state index is 15.8. The van der Waals surface area contributed by atoms with Gasteiger partial charge in [0.15, 0.2) is 17.7 Å². The fraction of sp³-hybridized carbons (Fsp3) is 0.812. The number of alkyl halides is 1. The van der Waals surface area contributed by atoms with Gasteiger partial charge in [-0.3, -0.25) is 9.59 Å². The number of carbonyl (C=O) groups excluding carboxylic acids is 4. The van der Waals surface area contributed by atoms with Crippen molar-refractivity contribution in [3.8, 4) is 0 Å². The Morgan fingerprint density at radius 2 is 1.69 bits per heavy atom. The largest absolute Gasteiger partial charge is 0.456 e. The molecule has 0 aromatic rings. The molecule has 0 aliphatic carbocycles. The summed E-state index contributed by atoms with van der Waals surface area (Å²) in [5, 5.41) is 13.9. The molecule has 14 atom stereocenters. The Morgan fingerprint density at radius 3 is 2.27 bits per heavy atom. The molecule has 13 heteroatoms. The number of cyclic esters (lactones) is 1. The van der Waals surface area contributed by atoms with Crippen molar-refractivity contribution in [1.82, 2.24) is 10.2 Å². The van der Waals surface area contributed by atoms with Crippen LogP contribution < -0.4 is 5.32 Å². The van der Waals surface area contributed by atoms with Crippen LogP contribution in [0.4, 0.5) is 9.18 Å². The number of nitrogens with one attached hydrogen (secondary N) is 1. The number of esters is 1. The third-order valence-electron chi connectivity index (χ3n) is 9.77. The molecule has 2 unspecified atom stereocenters. The molecule has 256 valence electrons. The van der Waals surface area contributed by atoms with Crippen LogP contribution in [0.3, 0.4) is 0 Å². The Kier molecular flexibility index (Phi) is 12.3. The van der Waals surface area contributed by atoms with Crippen molar-refractivity contribution in [2.24, 2.45) is 23.7 Å². The topological polar surface area (TPSA) is 150 Å². The normalized spacial score (nSPS) is 43.6. The number of ether oxygens (including phenoxy) is 5. The average Bonchev–Trinajstić information content (AvgIpc) is 3.31. The van der Waals surface area contributed by atoms with Gasteiger partial charge in [0.2, 0.25) is 0 Å². The first-order chi connectivity index (χ1) is 21.0. The number of carbonyl (C=O) groups is 4. The smallest absolute Gasteiger partial charge is 0.408 e. The summed E-state index contributed by atoms with van der Waals surface area (Å²) in [5.41, 5.74) is -1.53. The van der Waals surface area contributed by atoms with Crippen LogP contribution in [0.15, 0.2) is 12.7 Å². The molecule has 0 bridgehead atoms. The predicted molar refractivity (Wildman–Crippen MR) is 161 cm³/mol. The number of fused-ring (bicyclic) bond motifs is 1. The molecule has 2 N–H and O–H groups in total. The number of amides is 1. The first kappa shape index (κ1) is 37.0. The lowest BCUT2D eigenvalue weighted by Crippen LogP contribution is -2.59. The Morgan fingerprint density at radius 1 is 1.07 bits per heavy atom. The maximum atomic E-state index is 15.8. The highest BCUT2D eigenvalue weighted by atomic mass is 19.1. The van der Waals surface area contributed by atoms with Crippen LogP contribution in [-0.2, 0) is 38.1 Å². The maximum Gasteiger partial charge on any atom is 0.408 e. The zero-order valence-electron chi connectivity index (χ0n) is 27.9. The number of rotatable bonds is 7. The second-order valence-corrected chi connectivity index (χ2v) is 13.2. The lowest BCUT2D eigenvalue weighted by Gasteiger charge is -2.45. The minimum atomic E-state index is -2.68. The van der Waals surface area contributed by atoms with Crippen molar-refractivity contribution < 1.29 is 52.4 Å². The van der Waals surface area contributed by atoms with Gasteiger partial charge in [-0.1, -0.05) is 40.7 Å². The standard InChI is InChI=1S/C32H51FN2O10/c1-11-13-41-26-16(4)23(36)18(6)28-32(8,45-31(40)34-28)21(12-2)43-29(39)22(33)24(37)17(5)27(19(26)7)44-30-25(38)20(35(9)10)14-15(3)42-30/h11,15-22,25-28,30,38H,1,12-14H2,2-10H3,(H,34,40)/t15-,16+,17+,18+,19+,20+,21-,22?,25-,26+,27-,28?,30+,32-/m1/s1. The summed E-state index contributed by atoms with van der Waals surface area (Å²) in [6.07, 6.45) is -7.20. The van der Waals surface area contributed by atoms with Crippen LogP contribution >= 0.6 is 0 Å².